The minimum absolute atomic E-state index is 0.686. The van der Waals surface area contributed by atoms with Crippen LogP contribution in [0.25, 0.3) is 0 Å². The minimum Gasteiger partial charge on any atom is -0.375 e. The van der Waals surface area contributed by atoms with Gasteiger partial charge in [0.05, 0.1) is 0 Å². The molecule has 6 nitrogen and oxygen atoms in total. The summed E-state index contributed by atoms with van der Waals surface area (Å²) in [6, 6.07) is 0. The highest BCUT2D eigenvalue weighted by molar-refractivity contribution is 7.43. The van der Waals surface area contributed by atoms with Crippen LogP contribution in [0.3, 0.4) is 0 Å². The molecule has 0 saturated heterocycles. The molecule has 0 spiro atoms. The average molecular weight is 208 g/mol. The highest BCUT2D eigenvalue weighted by atomic mass is 31.2. The van der Waals surface area contributed by atoms with E-state index in [1.807, 2.05) is 0 Å². The van der Waals surface area contributed by atoms with Gasteiger partial charge < -0.3 is 13.6 Å². The van der Waals surface area contributed by atoms with Gasteiger partial charge in [-0.15, -0.1) is 0 Å². The topological polar surface area (TPSA) is 78.9 Å². The molecule has 0 aliphatic rings. The molecule has 74 valence electrons. The maximum absolute atomic E-state index is 10.4. The summed E-state index contributed by atoms with van der Waals surface area (Å²) in [5, 5.41) is 0. The summed E-state index contributed by atoms with van der Waals surface area (Å²) >= 11 is 0. The molecule has 0 aromatic rings. The molecular formula is C6H9O6P. The van der Waals surface area contributed by atoms with E-state index in [0.717, 1.165) is 20.8 Å². The Morgan fingerprint density at radius 3 is 1.15 bits per heavy atom. The van der Waals surface area contributed by atoms with E-state index in [4.69, 9.17) is 0 Å². The Bertz CT molecular complexity index is 187. The molecule has 0 amide bonds. The third-order valence-electron chi connectivity index (χ3n) is 0.609. The first-order valence-electron chi connectivity index (χ1n) is 3.27. The smallest absolute Gasteiger partial charge is 0.375 e. The van der Waals surface area contributed by atoms with Gasteiger partial charge in [0.2, 0.25) is 0 Å². The van der Waals surface area contributed by atoms with Gasteiger partial charge in [-0.05, 0) is 0 Å². The van der Waals surface area contributed by atoms with Gasteiger partial charge >= 0.3 is 26.5 Å². The van der Waals surface area contributed by atoms with Crippen LogP contribution in [0.2, 0.25) is 0 Å². The van der Waals surface area contributed by atoms with Crippen LogP contribution in [0.1, 0.15) is 20.8 Å². The Kier molecular flexibility index (Phi) is 4.99. The van der Waals surface area contributed by atoms with E-state index in [2.05, 4.69) is 13.6 Å². The number of rotatable bonds is 3. The van der Waals surface area contributed by atoms with Crippen molar-refractivity contribution in [2.75, 3.05) is 0 Å². The molecule has 0 aliphatic carbocycles. The summed E-state index contributed by atoms with van der Waals surface area (Å²) in [6.45, 7) is 3.34. The predicted octanol–water partition coefficient (Wildman–Crippen LogP) is 0.903. The van der Waals surface area contributed by atoms with E-state index in [1.165, 1.54) is 0 Å². The van der Waals surface area contributed by atoms with E-state index < -0.39 is 26.5 Å². The van der Waals surface area contributed by atoms with Gasteiger partial charge in [-0.1, -0.05) is 0 Å². The van der Waals surface area contributed by atoms with Crippen molar-refractivity contribution in [3.05, 3.63) is 0 Å². The molecule has 0 fully saturated rings. The van der Waals surface area contributed by atoms with Crippen molar-refractivity contribution in [1.82, 2.24) is 0 Å². The van der Waals surface area contributed by atoms with Crippen molar-refractivity contribution in [2.45, 2.75) is 20.8 Å². The lowest BCUT2D eigenvalue weighted by molar-refractivity contribution is -0.139. The standard InChI is InChI=1S/C6H9O6P/c1-4(7)10-13(11-5(2)8)12-6(3)9/h1-3H3. The molecule has 0 unspecified atom stereocenters. The zero-order valence-corrected chi connectivity index (χ0v) is 8.29. The quantitative estimate of drug-likeness (QED) is 0.641. The van der Waals surface area contributed by atoms with Crippen molar-refractivity contribution in [3.8, 4) is 0 Å². The van der Waals surface area contributed by atoms with Crippen LogP contribution in [-0.4, -0.2) is 17.9 Å². The summed E-state index contributed by atoms with van der Waals surface area (Å²) in [7, 11) is -2.23. The first-order valence-corrected chi connectivity index (χ1v) is 4.37. The van der Waals surface area contributed by atoms with Gasteiger partial charge in [-0.25, -0.2) is 0 Å². The number of hydrogen-bond acceptors (Lipinski definition) is 6. The fraction of sp³-hybridized carbons (Fsp3) is 0.500. The van der Waals surface area contributed by atoms with Gasteiger partial charge in [0.25, 0.3) is 0 Å². The van der Waals surface area contributed by atoms with Crippen molar-refractivity contribution in [3.63, 3.8) is 0 Å². The molecule has 7 heteroatoms. The van der Waals surface area contributed by atoms with Crippen LogP contribution < -0.4 is 0 Å². The van der Waals surface area contributed by atoms with E-state index in [-0.39, 0.29) is 0 Å². The Hall–Kier alpha value is -1.16. The fourth-order valence-electron chi connectivity index (χ4n) is 0.371. The maximum atomic E-state index is 10.4. The van der Waals surface area contributed by atoms with Crippen LogP contribution in [0, 0.1) is 0 Å². The molecule has 0 aromatic carbocycles. The van der Waals surface area contributed by atoms with Crippen molar-refractivity contribution in [2.24, 2.45) is 0 Å². The second-order valence-electron chi connectivity index (χ2n) is 1.97. The van der Waals surface area contributed by atoms with Crippen LogP contribution in [-0.2, 0) is 28.0 Å². The zero-order chi connectivity index (χ0) is 10.4. The molecule has 0 atom stereocenters. The number of hydrogen-bond donors (Lipinski definition) is 0. The maximum Gasteiger partial charge on any atom is 0.537 e. The summed E-state index contributed by atoms with van der Waals surface area (Å²) < 4.78 is 13.2. The average Bonchev–Trinajstić information content (AvgIpc) is 1.80. The highest BCUT2D eigenvalue weighted by Gasteiger charge is 2.22. The van der Waals surface area contributed by atoms with E-state index in [9.17, 15) is 14.4 Å². The molecule has 0 heterocycles. The van der Waals surface area contributed by atoms with Crippen molar-refractivity contribution < 1.29 is 28.0 Å². The van der Waals surface area contributed by atoms with Gasteiger partial charge in [-0.3, -0.25) is 14.4 Å². The van der Waals surface area contributed by atoms with E-state index in [0.29, 0.717) is 0 Å². The highest BCUT2D eigenvalue weighted by Crippen LogP contribution is 2.39. The minimum atomic E-state index is -2.23. The van der Waals surface area contributed by atoms with Gasteiger partial charge in [0.15, 0.2) is 0 Å². The molecule has 0 rings (SSSR count). The van der Waals surface area contributed by atoms with Crippen LogP contribution in [0.4, 0.5) is 0 Å². The lowest BCUT2D eigenvalue weighted by Crippen LogP contribution is -2.05. The van der Waals surface area contributed by atoms with Crippen molar-refractivity contribution >= 4 is 26.5 Å². The van der Waals surface area contributed by atoms with E-state index in [1.54, 1.807) is 0 Å². The largest absolute Gasteiger partial charge is 0.537 e. The zero-order valence-electron chi connectivity index (χ0n) is 7.40. The molecule has 0 bridgehead atoms. The monoisotopic (exact) mass is 208 g/mol. The molecule has 0 saturated carbocycles. The first-order chi connectivity index (χ1) is 5.91. The lowest BCUT2D eigenvalue weighted by atomic mass is 10.9. The molecule has 0 radical (unpaired) electrons. The third-order valence-corrected chi connectivity index (χ3v) is 1.83. The molecule has 13 heavy (non-hydrogen) atoms. The second kappa shape index (κ2) is 5.48. The molecule has 0 aliphatic heterocycles. The molecule has 0 N–H and O–H groups in total. The Labute approximate surface area is 76.1 Å². The van der Waals surface area contributed by atoms with Gasteiger partial charge in [0, 0.05) is 20.8 Å². The number of carbonyl (C=O) groups excluding carboxylic acids is 3. The second-order valence-corrected chi connectivity index (χ2v) is 2.97. The van der Waals surface area contributed by atoms with Gasteiger partial charge in [-0.2, -0.15) is 0 Å². The van der Waals surface area contributed by atoms with E-state index >= 15 is 0 Å². The van der Waals surface area contributed by atoms with Crippen molar-refractivity contribution in [1.29, 1.82) is 0 Å². The Morgan fingerprint density at radius 2 is 1.00 bits per heavy atom. The number of carbonyl (C=O) groups is 3. The fourth-order valence-corrected chi connectivity index (χ4v) is 1.11. The summed E-state index contributed by atoms with van der Waals surface area (Å²) in [5.74, 6) is -2.06. The normalized spacial score (nSPS) is 9.23. The molecule has 0 aromatic heterocycles. The van der Waals surface area contributed by atoms with Crippen LogP contribution in [0.15, 0.2) is 0 Å². The lowest BCUT2D eigenvalue weighted by Gasteiger charge is -2.10. The van der Waals surface area contributed by atoms with Gasteiger partial charge in [0.1, 0.15) is 0 Å². The van der Waals surface area contributed by atoms with Crippen LogP contribution in [0.5, 0.6) is 0 Å². The first kappa shape index (κ1) is 11.8. The Balaban J connectivity index is 4.10. The summed E-state index contributed by atoms with van der Waals surface area (Å²) in [6.07, 6.45) is 0. The summed E-state index contributed by atoms with van der Waals surface area (Å²) in [5.41, 5.74) is 0. The summed E-state index contributed by atoms with van der Waals surface area (Å²) in [4.78, 5) is 31.3. The molecular weight excluding hydrogens is 199 g/mol. The Morgan fingerprint density at radius 1 is 0.769 bits per heavy atom. The predicted molar refractivity (Wildman–Crippen MR) is 42.2 cm³/mol. The van der Waals surface area contributed by atoms with Crippen LogP contribution >= 0.6 is 8.60 Å². The third kappa shape index (κ3) is 7.21. The SMILES string of the molecule is CC(=O)OP(OC(C)=O)OC(C)=O.